The molecule has 392 valence electrons. The zero-order valence-electron chi connectivity index (χ0n) is 43.9. The Hall–Kier alpha value is -5.56. The maximum atomic E-state index is 14.9. The number of amides is 5. The van der Waals surface area contributed by atoms with Crippen LogP contribution in [0.25, 0.3) is 22.2 Å². The summed E-state index contributed by atoms with van der Waals surface area (Å²) in [4.78, 5) is 82.6. The summed E-state index contributed by atoms with van der Waals surface area (Å²) in [6, 6.07) is 7.35. The van der Waals surface area contributed by atoms with Gasteiger partial charge in [0.15, 0.2) is 0 Å². The standard InChI is InChI=1S/C54H77N9O9/c1-11-45(64)60-25-28-72-54(32-60)19-23-59(24-20-54)52(68)58(9)47(34(3)4)49(65)56-42-30-44-35(5)62(26-27-70-44)37-17-18-43-39(29-37)40(48(61(43)12-2)38-15-13-21-55-46(38)36(6)69-10)31-53(7,8)33-71-51(67)41-16-14-22-63(57-41)50(42)66/h11,13,15,17-18,21,29,34-36,41-42,44,47,57H,1,12,14,16,19-20,22-28,30-33H2,2-10H3,(H,56,65)/t35-,36-,41-,42-,44-,47-/m0/s1. The van der Waals surface area contributed by atoms with Crippen molar-refractivity contribution < 1.29 is 42.9 Å². The molecule has 0 radical (unpaired) electrons. The Morgan fingerprint density at radius 3 is 2.53 bits per heavy atom. The molecule has 5 aliphatic heterocycles. The van der Waals surface area contributed by atoms with E-state index in [2.05, 4.69) is 78.7 Å². The molecule has 6 atom stereocenters. The monoisotopic (exact) mass is 996 g/mol. The number of likely N-dealkylation sites (N-methyl/N-ethyl adjacent to an activating group) is 1. The number of piperidine rings is 1. The third kappa shape index (κ3) is 10.7. The number of methoxy groups -OCH3 is 1. The number of benzene rings is 1. The van der Waals surface area contributed by atoms with E-state index in [0.717, 1.165) is 39.1 Å². The fourth-order valence-electron chi connectivity index (χ4n) is 11.7. The van der Waals surface area contributed by atoms with E-state index in [1.807, 2.05) is 26.8 Å². The number of hydrogen-bond acceptors (Lipinski definition) is 12. The number of rotatable bonds is 9. The summed E-state index contributed by atoms with van der Waals surface area (Å²) in [5, 5.41) is 5.65. The summed E-state index contributed by atoms with van der Waals surface area (Å²) in [6.07, 6.45) is 5.17. The molecule has 72 heavy (non-hydrogen) atoms. The van der Waals surface area contributed by atoms with Crippen LogP contribution in [0.4, 0.5) is 10.5 Å². The molecule has 0 saturated carbocycles. The number of pyridine rings is 1. The second-order valence-electron chi connectivity index (χ2n) is 21.6. The molecule has 0 unspecified atom stereocenters. The van der Waals surface area contributed by atoms with Crippen molar-refractivity contribution in [2.24, 2.45) is 11.3 Å². The van der Waals surface area contributed by atoms with Crippen molar-refractivity contribution in [2.45, 2.75) is 136 Å². The molecule has 3 aromatic rings. The van der Waals surface area contributed by atoms with Crippen molar-refractivity contribution in [3.05, 3.63) is 60.4 Å². The van der Waals surface area contributed by atoms with Gasteiger partial charge in [0.2, 0.25) is 11.8 Å². The Morgan fingerprint density at radius 2 is 1.82 bits per heavy atom. The summed E-state index contributed by atoms with van der Waals surface area (Å²) >= 11 is 0. The molecule has 0 aliphatic carbocycles. The van der Waals surface area contributed by atoms with Gasteiger partial charge < -0.3 is 48.4 Å². The molecule has 5 amide bonds. The van der Waals surface area contributed by atoms with E-state index in [9.17, 15) is 24.0 Å². The first kappa shape index (κ1) is 52.8. The van der Waals surface area contributed by atoms with Crippen LogP contribution < -0.4 is 15.6 Å². The number of hydrazine groups is 1. The molecule has 1 spiro atoms. The molecule has 4 fully saturated rings. The minimum atomic E-state index is -1.08. The van der Waals surface area contributed by atoms with Gasteiger partial charge in [-0.1, -0.05) is 34.3 Å². The van der Waals surface area contributed by atoms with Gasteiger partial charge in [0.25, 0.3) is 5.91 Å². The van der Waals surface area contributed by atoms with Gasteiger partial charge in [-0.25, -0.2) is 10.2 Å². The molecule has 18 nitrogen and oxygen atoms in total. The van der Waals surface area contributed by atoms with Gasteiger partial charge in [0, 0.05) is 93.6 Å². The zero-order chi connectivity index (χ0) is 51.6. The molecule has 2 N–H and O–H groups in total. The Bertz CT molecular complexity index is 2500. The number of carbonyl (C=O) groups is 5. The summed E-state index contributed by atoms with van der Waals surface area (Å²) in [5.74, 6) is -1.78. The van der Waals surface area contributed by atoms with Crippen LogP contribution in [0.5, 0.6) is 0 Å². The van der Waals surface area contributed by atoms with E-state index in [-0.39, 0.29) is 43.0 Å². The normalized spacial score (nSPS) is 24.6. The average molecular weight is 996 g/mol. The second kappa shape index (κ2) is 21.9. The average Bonchev–Trinajstić information content (AvgIpc) is 3.68. The van der Waals surface area contributed by atoms with Gasteiger partial charge in [-0.3, -0.25) is 29.2 Å². The maximum absolute atomic E-state index is 14.9. The summed E-state index contributed by atoms with van der Waals surface area (Å²) < 4.78 is 27.1. The smallest absolute Gasteiger partial charge is 0.324 e. The van der Waals surface area contributed by atoms with E-state index >= 15 is 0 Å². The van der Waals surface area contributed by atoms with Gasteiger partial charge in [0.05, 0.1) is 61.6 Å². The number of hydrogen-bond donors (Lipinski definition) is 2. The van der Waals surface area contributed by atoms with Crippen LogP contribution in [-0.4, -0.2) is 168 Å². The molecular weight excluding hydrogens is 919 g/mol. The topological polar surface area (TPSA) is 180 Å². The predicted octanol–water partition coefficient (Wildman–Crippen LogP) is 5.48. The number of ether oxygens (including phenoxy) is 4. The van der Waals surface area contributed by atoms with Crippen LogP contribution in [0.15, 0.2) is 49.2 Å². The third-order valence-corrected chi connectivity index (χ3v) is 15.7. The third-order valence-electron chi connectivity index (χ3n) is 15.7. The molecule has 5 aliphatic rings. The zero-order valence-corrected chi connectivity index (χ0v) is 43.9. The van der Waals surface area contributed by atoms with Crippen LogP contribution in [0.3, 0.4) is 0 Å². The van der Waals surface area contributed by atoms with Crippen molar-refractivity contribution in [1.82, 2.24) is 40.0 Å². The number of aryl methyl sites for hydroxylation is 1. The molecule has 8 rings (SSSR count). The number of anilines is 1. The van der Waals surface area contributed by atoms with Crippen LogP contribution in [0.2, 0.25) is 0 Å². The van der Waals surface area contributed by atoms with Crippen LogP contribution in [0.1, 0.15) is 97.9 Å². The highest BCUT2D eigenvalue weighted by atomic mass is 16.5. The van der Waals surface area contributed by atoms with Crippen LogP contribution in [0, 0.1) is 11.3 Å². The van der Waals surface area contributed by atoms with Gasteiger partial charge in [0.1, 0.15) is 18.1 Å². The number of likely N-dealkylation sites (tertiary alicyclic amines) is 1. The first-order chi connectivity index (χ1) is 34.4. The van der Waals surface area contributed by atoms with Crippen LogP contribution in [-0.2, 0) is 51.1 Å². The molecular formula is C54H77N9O9. The number of cyclic esters (lactones) is 1. The molecule has 2 aromatic heterocycles. The number of fused-ring (bicyclic) bond motifs is 6. The van der Waals surface area contributed by atoms with E-state index in [4.69, 9.17) is 23.9 Å². The molecule has 1 aromatic carbocycles. The number of aromatic nitrogens is 2. The van der Waals surface area contributed by atoms with E-state index < -0.39 is 53.0 Å². The number of nitrogens with one attached hydrogen (secondary N) is 2. The minimum absolute atomic E-state index is 0.134. The molecule has 7 heterocycles. The quantitative estimate of drug-likeness (QED) is 0.204. The SMILES string of the molecule is C=CC(=O)N1CCOC2(CCN(C(=O)N(C)[C@H](C(=O)N[C@H]3C[C@@H]4OCCN(c5ccc6c(c5)c(c(-c5cccnc5[C@H](C)OC)n6CC)CC(C)(C)COC(=O)[C@@H]5CCCN(N5)C3=O)[C@H]4C)C(C)C)CC2)C1. The lowest BCUT2D eigenvalue weighted by Crippen LogP contribution is -2.64. The fourth-order valence-corrected chi connectivity index (χ4v) is 11.7. The highest BCUT2D eigenvalue weighted by Crippen LogP contribution is 2.42. The lowest BCUT2D eigenvalue weighted by atomic mass is 9.84. The van der Waals surface area contributed by atoms with Gasteiger partial charge >= 0.3 is 12.0 Å². The van der Waals surface area contributed by atoms with Gasteiger partial charge in [-0.05, 0) is 101 Å². The van der Waals surface area contributed by atoms with Crippen molar-refractivity contribution in [2.75, 3.05) is 78.1 Å². The van der Waals surface area contributed by atoms with Crippen molar-refractivity contribution in [3.63, 3.8) is 0 Å². The number of morpholine rings is 2. The Morgan fingerprint density at radius 1 is 1.06 bits per heavy atom. The molecule has 6 bridgehead atoms. The Balaban J connectivity index is 1.10. The summed E-state index contributed by atoms with van der Waals surface area (Å²) in [6.45, 7) is 22.2. The van der Waals surface area contributed by atoms with Gasteiger partial charge in [-0.15, -0.1) is 0 Å². The molecule has 18 heteroatoms. The first-order valence-electron chi connectivity index (χ1n) is 26.0. The van der Waals surface area contributed by atoms with Crippen molar-refractivity contribution >= 4 is 46.3 Å². The predicted molar refractivity (Wildman–Crippen MR) is 274 cm³/mol. The number of nitrogens with zero attached hydrogens (tertiary/aromatic N) is 7. The second-order valence-corrected chi connectivity index (χ2v) is 21.6. The number of esters is 1. The Labute approximate surface area is 424 Å². The van der Waals surface area contributed by atoms with Crippen molar-refractivity contribution in [1.29, 1.82) is 0 Å². The largest absolute Gasteiger partial charge is 0.464 e. The molecule has 4 saturated heterocycles. The lowest BCUT2D eigenvalue weighted by molar-refractivity contribution is -0.156. The number of carbonyl (C=O) groups excluding carboxylic acids is 5. The van der Waals surface area contributed by atoms with E-state index in [1.165, 1.54) is 16.0 Å². The maximum Gasteiger partial charge on any atom is 0.324 e. The number of urea groups is 1. The minimum Gasteiger partial charge on any atom is -0.464 e. The van der Waals surface area contributed by atoms with E-state index in [0.29, 0.717) is 91.1 Å². The Kier molecular flexibility index (Phi) is 16.0. The summed E-state index contributed by atoms with van der Waals surface area (Å²) in [5.41, 5.74) is 8.20. The first-order valence-corrected chi connectivity index (χ1v) is 26.0. The highest BCUT2D eigenvalue weighted by Gasteiger charge is 2.45. The van der Waals surface area contributed by atoms with Crippen LogP contribution >= 0.6 is 0 Å². The van der Waals surface area contributed by atoms with Crippen molar-refractivity contribution in [3.8, 4) is 11.3 Å². The fraction of sp³-hybridized carbons (Fsp3) is 0.630. The summed E-state index contributed by atoms with van der Waals surface area (Å²) in [7, 11) is 3.33. The highest BCUT2D eigenvalue weighted by molar-refractivity contribution is 5.95. The van der Waals surface area contributed by atoms with E-state index in [1.54, 1.807) is 30.2 Å². The van der Waals surface area contributed by atoms with Gasteiger partial charge in [-0.2, -0.15) is 0 Å². The lowest BCUT2D eigenvalue weighted by Gasteiger charge is -2.47.